The van der Waals surface area contributed by atoms with Gasteiger partial charge < -0.3 is 14.1 Å². The summed E-state index contributed by atoms with van der Waals surface area (Å²) in [6.45, 7) is 9.11. The molecule has 50 heavy (non-hydrogen) atoms. The first-order valence-corrected chi connectivity index (χ1v) is 17.0. The largest absolute Gasteiger partial charge is 2.00 e. The number of para-hydroxylation sites is 2. The van der Waals surface area contributed by atoms with Gasteiger partial charge in [0.15, 0.2) is 0 Å². The second kappa shape index (κ2) is 12.7. The monoisotopic (exact) mass is 829 g/mol. The molecule has 0 N–H and O–H groups in total. The number of hydrogen-bond donors (Lipinski definition) is 0. The fourth-order valence-electron chi connectivity index (χ4n) is 7.51. The maximum atomic E-state index is 6.50. The van der Waals surface area contributed by atoms with Crippen LogP contribution >= 0.6 is 0 Å². The van der Waals surface area contributed by atoms with Crippen molar-refractivity contribution in [3.05, 3.63) is 155 Å². The zero-order valence-electron chi connectivity index (χ0n) is 28.2. The maximum absolute atomic E-state index is 6.50. The molecule has 1 unspecified atom stereocenters. The van der Waals surface area contributed by atoms with Gasteiger partial charge in [-0.05, 0) is 57.5 Å². The van der Waals surface area contributed by atoms with Gasteiger partial charge in [-0.15, -0.1) is 46.7 Å². The number of hydrogen-bond acceptors (Lipinski definition) is 4. The molecule has 1 aliphatic heterocycles. The topological polar surface area (TPSA) is 47.6 Å². The third kappa shape index (κ3) is 5.25. The van der Waals surface area contributed by atoms with Crippen LogP contribution in [0.4, 0.5) is 5.69 Å². The van der Waals surface area contributed by atoms with Crippen LogP contribution in [-0.4, -0.2) is 10.7 Å². The fourth-order valence-corrected chi connectivity index (χ4v) is 7.51. The third-order valence-electron chi connectivity index (χ3n) is 9.81. The van der Waals surface area contributed by atoms with E-state index in [1.54, 1.807) is 0 Å². The molecule has 8 aromatic rings. The Morgan fingerprint density at radius 3 is 2.22 bits per heavy atom. The first-order valence-electron chi connectivity index (χ1n) is 17.0. The minimum Gasteiger partial charge on any atom is -0.497 e. The average molecular weight is 830 g/mol. The Balaban J connectivity index is 0.00000361. The van der Waals surface area contributed by atoms with E-state index < -0.39 is 0 Å². The molecule has 2 aromatic heterocycles. The predicted octanol–water partition coefficient (Wildman–Crippen LogP) is 12.2. The van der Waals surface area contributed by atoms with E-state index in [1.165, 1.54) is 22.3 Å². The number of aromatic nitrogens is 1. The van der Waals surface area contributed by atoms with Gasteiger partial charge in [0.1, 0.15) is 11.2 Å². The molecular weight excluding hydrogens is 796 g/mol. The van der Waals surface area contributed by atoms with Crippen LogP contribution < -0.4 is 4.74 Å². The van der Waals surface area contributed by atoms with Gasteiger partial charge in [0.2, 0.25) is 0 Å². The maximum Gasteiger partial charge on any atom is 2.00 e. The summed E-state index contributed by atoms with van der Waals surface area (Å²) in [5, 5.41) is 4.94. The molecule has 0 saturated heterocycles. The molecule has 0 radical (unpaired) electrons. The number of benzene rings is 6. The van der Waals surface area contributed by atoms with Crippen molar-refractivity contribution in [3.8, 4) is 11.5 Å². The van der Waals surface area contributed by atoms with Gasteiger partial charge in [-0.25, -0.2) is 0 Å². The molecule has 0 fully saturated rings. The quantitative estimate of drug-likeness (QED) is 0.124. The van der Waals surface area contributed by atoms with Crippen LogP contribution in [0.3, 0.4) is 0 Å². The van der Waals surface area contributed by atoms with Crippen LogP contribution in [-0.2, 0) is 21.1 Å². The molecule has 6 aromatic carbocycles. The van der Waals surface area contributed by atoms with Crippen molar-refractivity contribution >= 4 is 55.0 Å². The van der Waals surface area contributed by atoms with Crippen molar-refractivity contribution in [2.45, 2.75) is 45.4 Å². The first-order chi connectivity index (χ1) is 23.9. The molecule has 0 saturated carbocycles. The van der Waals surface area contributed by atoms with Crippen molar-refractivity contribution in [1.82, 2.24) is 4.98 Å². The van der Waals surface area contributed by atoms with Crippen LogP contribution in [0.2, 0.25) is 0 Å². The number of ether oxygens (including phenoxy) is 1. The van der Waals surface area contributed by atoms with Crippen LogP contribution in [0.25, 0.3) is 43.6 Å². The Bertz CT molecular complexity index is 2590. The smallest absolute Gasteiger partial charge is 0.497 e. The summed E-state index contributed by atoms with van der Waals surface area (Å²) in [5.41, 5.74) is 10.8. The van der Waals surface area contributed by atoms with Crippen LogP contribution in [0.15, 0.2) is 125 Å². The minimum absolute atomic E-state index is 0. The van der Waals surface area contributed by atoms with Gasteiger partial charge in [0.05, 0.1) is 5.69 Å². The number of nitrogens with zero attached hydrogens (tertiary/aromatic N) is 2. The Hall–Kier alpha value is -5.05. The molecule has 3 heterocycles. The Labute approximate surface area is 306 Å². The first kappa shape index (κ1) is 32.2. The summed E-state index contributed by atoms with van der Waals surface area (Å²) >= 11 is 0. The van der Waals surface area contributed by atoms with Gasteiger partial charge in [0.25, 0.3) is 0 Å². The molecule has 1 atom stereocenters. The van der Waals surface area contributed by atoms with Crippen molar-refractivity contribution in [2.24, 2.45) is 4.99 Å². The van der Waals surface area contributed by atoms with Crippen LogP contribution in [0.5, 0.6) is 11.5 Å². The number of aliphatic imine (C=N–C) groups is 1. The molecule has 0 bridgehead atoms. The summed E-state index contributed by atoms with van der Waals surface area (Å²) < 4.78 is 12.8. The molecule has 9 rings (SSSR count). The van der Waals surface area contributed by atoms with Gasteiger partial charge in [-0.3, -0.25) is 4.99 Å². The fraction of sp³-hybridized carbons (Fsp3) is 0.156. The number of rotatable bonds is 6. The van der Waals surface area contributed by atoms with E-state index in [0.29, 0.717) is 23.3 Å². The van der Waals surface area contributed by atoms with E-state index in [9.17, 15) is 0 Å². The minimum atomic E-state index is -0.00143. The van der Waals surface area contributed by atoms with Crippen molar-refractivity contribution in [2.75, 3.05) is 0 Å². The zero-order chi connectivity index (χ0) is 33.2. The molecule has 1 aliphatic rings. The Kier molecular flexibility index (Phi) is 8.16. The predicted molar refractivity (Wildman–Crippen MR) is 200 cm³/mol. The van der Waals surface area contributed by atoms with E-state index >= 15 is 0 Å². The van der Waals surface area contributed by atoms with Crippen molar-refractivity contribution < 1.29 is 30.2 Å². The second-order valence-electron chi connectivity index (χ2n) is 13.5. The van der Waals surface area contributed by atoms with Crippen LogP contribution in [0.1, 0.15) is 73.3 Å². The molecular formula is C45H34N2O2Pt. The third-order valence-corrected chi connectivity index (χ3v) is 9.81. The van der Waals surface area contributed by atoms with E-state index in [4.69, 9.17) is 19.1 Å². The molecule has 0 spiro atoms. The van der Waals surface area contributed by atoms with Crippen molar-refractivity contribution in [1.29, 1.82) is 0 Å². The van der Waals surface area contributed by atoms with Crippen LogP contribution in [0, 0.1) is 12.1 Å². The summed E-state index contributed by atoms with van der Waals surface area (Å²) in [6, 6.07) is 44.7. The second-order valence-corrected chi connectivity index (χ2v) is 13.5. The standard InChI is InChI=1S/C45H34N2O2.Pt/c1-26(2)32-15-10-16-33(27(3)4)41(32)42-35-14-5-7-17-39(35)47-43(42)29-11-9-12-30(23-29)48-31-21-19-28-20-22-36-44(37(28)24-31)46-25-38-34-13-6-8-18-40(34)49-45(36)38;/h5-22,25-27,42H,1-4H3;/q-2;+2. The number of fused-ring (bicyclic) bond motifs is 8. The molecule has 0 amide bonds. The summed E-state index contributed by atoms with van der Waals surface area (Å²) in [6.07, 6.45) is 1.90. The summed E-state index contributed by atoms with van der Waals surface area (Å²) in [5.74, 6) is 1.95. The van der Waals surface area contributed by atoms with E-state index in [2.05, 4.69) is 113 Å². The average Bonchev–Trinajstić information content (AvgIpc) is 3.70. The SMILES string of the molecule is CC(C)c1cccc(C(C)C)c1C1C(c2[c-]c(Oc3[c-]c4c(cc3)ccc3c4ncc4c5ccccc5oc43)ccc2)=Nc2ccccc21.[Pt+2]. The van der Waals surface area contributed by atoms with Gasteiger partial charge in [-0.1, -0.05) is 107 Å². The van der Waals surface area contributed by atoms with Gasteiger partial charge in [0, 0.05) is 39.8 Å². The molecule has 4 nitrogen and oxygen atoms in total. The number of pyridine rings is 1. The van der Waals surface area contributed by atoms with E-state index in [-0.39, 0.29) is 27.0 Å². The Morgan fingerprint density at radius 2 is 1.40 bits per heavy atom. The van der Waals surface area contributed by atoms with Gasteiger partial charge in [-0.2, -0.15) is 0 Å². The molecule has 0 aliphatic carbocycles. The van der Waals surface area contributed by atoms with E-state index in [0.717, 1.165) is 60.6 Å². The molecule has 5 heteroatoms. The zero-order valence-corrected chi connectivity index (χ0v) is 30.5. The summed E-state index contributed by atoms with van der Waals surface area (Å²) in [7, 11) is 0. The Morgan fingerprint density at radius 1 is 0.680 bits per heavy atom. The molecule has 246 valence electrons. The number of furan rings is 1. The van der Waals surface area contributed by atoms with E-state index in [1.807, 2.05) is 42.6 Å². The van der Waals surface area contributed by atoms with Gasteiger partial charge >= 0.3 is 21.1 Å². The normalized spacial score (nSPS) is 14.1. The van der Waals surface area contributed by atoms with Crippen molar-refractivity contribution in [3.63, 3.8) is 0 Å². The summed E-state index contributed by atoms with van der Waals surface area (Å²) in [4.78, 5) is 10.1.